The number of rotatable bonds is 42. The van der Waals surface area contributed by atoms with E-state index in [9.17, 15) is 19.2 Å². The molecule has 60 heavy (non-hydrogen) atoms. The highest BCUT2D eigenvalue weighted by atomic mass is 35.5. The van der Waals surface area contributed by atoms with Gasteiger partial charge in [-0.25, -0.2) is 0 Å². The number of esters is 2. The van der Waals surface area contributed by atoms with Crippen molar-refractivity contribution in [1.82, 2.24) is 10.2 Å². The zero-order chi connectivity index (χ0) is 42.7. The number of nitrogens with one attached hydrogen (secondary N) is 2. The number of hydrogen-bond acceptors (Lipinski definition) is 8. The summed E-state index contributed by atoms with van der Waals surface area (Å²) in [7, 11) is 0. The van der Waals surface area contributed by atoms with E-state index in [2.05, 4.69) is 36.5 Å². The van der Waals surface area contributed by atoms with E-state index < -0.39 is 12.0 Å². The molecule has 14 heteroatoms. The lowest BCUT2D eigenvalue weighted by Crippen LogP contribution is -2.47. The smallest absolute Gasteiger partial charge is 0.305 e. The maximum Gasteiger partial charge on any atom is 0.305 e. The zero-order valence-electron chi connectivity index (χ0n) is 37.5. The van der Waals surface area contributed by atoms with Gasteiger partial charge in [-0.05, 0) is 83.5 Å². The molecule has 0 bridgehead atoms. The van der Waals surface area contributed by atoms with E-state index in [0.717, 1.165) is 109 Å². The molecule has 0 fully saturated rings. The van der Waals surface area contributed by atoms with Crippen molar-refractivity contribution in [1.29, 1.82) is 5.41 Å². The summed E-state index contributed by atoms with van der Waals surface area (Å²) in [5.41, 5.74) is 11.5. The van der Waals surface area contributed by atoms with Crippen LogP contribution in [0.25, 0.3) is 0 Å². The van der Waals surface area contributed by atoms with Crippen molar-refractivity contribution < 1.29 is 33.8 Å². The number of guanidine groups is 1. The molecule has 7 N–H and O–H groups in total. The highest BCUT2D eigenvalue weighted by Gasteiger charge is 2.21. The number of carboxylic acids is 1. The Bertz CT molecular complexity index is 1110. The Morgan fingerprint density at radius 1 is 0.600 bits per heavy atom. The summed E-state index contributed by atoms with van der Waals surface area (Å²) in [4.78, 5) is 50.1. The van der Waals surface area contributed by atoms with Gasteiger partial charge in [0.25, 0.3) is 0 Å². The molecule has 0 unspecified atom stereocenters. The first-order valence-corrected chi connectivity index (χ1v) is 23.1. The average Bonchev–Trinajstić information content (AvgIpc) is 3.19. The number of allylic oxidation sites excluding steroid dienone is 4. The Labute approximate surface area is 376 Å². The highest BCUT2D eigenvalue weighted by Crippen LogP contribution is 2.13. The minimum atomic E-state index is -0.778. The van der Waals surface area contributed by atoms with Gasteiger partial charge in [0, 0.05) is 25.8 Å². The Kier molecular flexibility index (Phi) is 48.4. The lowest BCUT2D eigenvalue weighted by Gasteiger charge is -2.25. The number of halogens is 2. The van der Waals surface area contributed by atoms with Crippen LogP contribution in [0.3, 0.4) is 0 Å². The van der Waals surface area contributed by atoms with Crippen LogP contribution in [-0.4, -0.2) is 78.7 Å². The Morgan fingerprint density at radius 2 is 0.967 bits per heavy atom. The first-order chi connectivity index (χ1) is 28.2. The van der Waals surface area contributed by atoms with Gasteiger partial charge in [0.05, 0.1) is 19.1 Å². The van der Waals surface area contributed by atoms with E-state index in [1.54, 1.807) is 0 Å². The summed E-state index contributed by atoms with van der Waals surface area (Å²) in [6.45, 7) is 3.10. The minimum Gasteiger partial charge on any atom is -0.481 e. The summed E-state index contributed by atoms with van der Waals surface area (Å²) < 4.78 is 10.9. The van der Waals surface area contributed by atoms with Gasteiger partial charge >= 0.3 is 17.9 Å². The number of amides is 1. The number of unbranched alkanes of at least 4 members (excludes halogenated alkanes) is 21. The highest BCUT2D eigenvalue weighted by molar-refractivity contribution is 5.85. The van der Waals surface area contributed by atoms with Crippen LogP contribution in [-0.2, 0) is 28.7 Å². The van der Waals surface area contributed by atoms with Crippen molar-refractivity contribution in [3.8, 4) is 0 Å². The molecule has 0 saturated heterocycles. The van der Waals surface area contributed by atoms with Gasteiger partial charge in [0.15, 0.2) is 5.96 Å². The van der Waals surface area contributed by atoms with Crippen molar-refractivity contribution in [3.05, 3.63) is 24.3 Å². The Balaban J connectivity index is -0.0000162. The Hall–Kier alpha value is -2.83. The van der Waals surface area contributed by atoms with Crippen LogP contribution in [0, 0.1) is 5.41 Å². The van der Waals surface area contributed by atoms with E-state index in [1.807, 2.05) is 0 Å². The van der Waals surface area contributed by atoms with Crippen LogP contribution in [0.4, 0.5) is 0 Å². The van der Waals surface area contributed by atoms with Crippen molar-refractivity contribution >= 4 is 54.6 Å². The number of nitrogens with zero attached hydrogens (tertiary/aromatic N) is 1. The maximum atomic E-state index is 13.2. The normalized spacial score (nSPS) is 11.5. The van der Waals surface area contributed by atoms with Gasteiger partial charge in [0.1, 0.15) is 13.2 Å². The fourth-order valence-corrected chi connectivity index (χ4v) is 6.63. The lowest BCUT2D eigenvalue weighted by molar-refractivity contribution is -0.148. The van der Waals surface area contributed by atoms with E-state index in [4.69, 9.17) is 31.5 Å². The fraction of sp³-hybridized carbons (Fsp3) is 0.804. The molecule has 1 atom stereocenters. The minimum absolute atomic E-state index is 0. The van der Waals surface area contributed by atoms with E-state index in [1.165, 1.54) is 56.3 Å². The summed E-state index contributed by atoms with van der Waals surface area (Å²) in [5, 5.41) is 18.7. The predicted molar refractivity (Wildman–Crippen MR) is 251 cm³/mol. The molecule has 0 aliphatic carbocycles. The van der Waals surface area contributed by atoms with Gasteiger partial charge in [-0.2, -0.15) is 0 Å². The predicted octanol–water partition coefficient (Wildman–Crippen LogP) is 10.5. The molecule has 0 radical (unpaired) electrons. The van der Waals surface area contributed by atoms with Gasteiger partial charge in [0.2, 0.25) is 5.91 Å². The van der Waals surface area contributed by atoms with E-state index in [0.29, 0.717) is 32.2 Å². The summed E-state index contributed by atoms with van der Waals surface area (Å²) >= 11 is 0. The SMILES string of the molecule is CCCCCCCC/C=C\CCCCCCCC(=O)OCCN(CCOC(=O)CCCCCCC/C=C\CCCCCCCC(=O)O)C(=O)[C@@H](N)CCCNC(=N)N.Cl.Cl. The number of carbonyl (C=O) groups excluding carboxylic acids is 3. The second kappa shape index (κ2) is 47.2. The molecule has 0 aromatic heterocycles. The topological polar surface area (TPSA) is 198 Å². The fourth-order valence-electron chi connectivity index (χ4n) is 6.63. The number of carbonyl (C=O) groups is 4. The molecule has 0 heterocycles. The van der Waals surface area contributed by atoms with Gasteiger partial charge in [-0.3, -0.25) is 24.6 Å². The second-order valence-electron chi connectivity index (χ2n) is 15.7. The maximum absolute atomic E-state index is 13.2. The molecule has 0 aliphatic rings. The molecule has 1 amide bonds. The molecule has 0 aliphatic heterocycles. The molecular weight excluding hydrogens is 805 g/mol. The molecule has 0 saturated carbocycles. The second-order valence-corrected chi connectivity index (χ2v) is 15.7. The third-order valence-electron chi connectivity index (χ3n) is 10.2. The Morgan fingerprint density at radius 3 is 1.35 bits per heavy atom. The van der Waals surface area contributed by atoms with Crippen LogP contribution in [0.1, 0.15) is 200 Å². The molecular formula is C46H87Cl2N5O7. The standard InChI is InChI=1S/C46H85N5O7.2ClH/c1-2-3-4-5-6-7-8-9-10-14-17-20-23-26-29-34-43(54)57-39-37-51(45(56)41(47)32-31-36-50-46(48)49)38-40-58-44(55)35-30-27-24-21-18-15-12-11-13-16-19-22-25-28-33-42(52)53;;/h9-12,41H,2-8,13-40,47H2,1H3,(H,52,53)(H4,48,49,50);2*1H/b10-9-,12-11-;;/t41-;;/m0../s1. The van der Waals surface area contributed by atoms with Crippen LogP contribution in [0.15, 0.2) is 24.3 Å². The number of carboxylic acid groups (broad SMARTS) is 1. The molecule has 0 aromatic rings. The molecule has 0 aromatic carbocycles. The molecule has 352 valence electrons. The summed E-state index contributed by atoms with van der Waals surface area (Å²) in [6, 6.07) is -0.778. The van der Waals surface area contributed by atoms with Crippen LogP contribution < -0.4 is 16.8 Å². The van der Waals surface area contributed by atoms with Gasteiger partial charge in [-0.1, -0.05) is 121 Å². The summed E-state index contributed by atoms with van der Waals surface area (Å²) in [6.07, 6.45) is 38.9. The van der Waals surface area contributed by atoms with E-state index >= 15 is 0 Å². The van der Waals surface area contributed by atoms with E-state index in [-0.39, 0.29) is 81.3 Å². The van der Waals surface area contributed by atoms with Crippen molar-refractivity contribution in [2.24, 2.45) is 11.5 Å². The first-order valence-electron chi connectivity index (χ1n) is 23.1. The molecule has 12 nitrogen and oxygen atoms in total. The van der Waals surface area contributed by atoms with Crippen LogP contribution >= 0.6 is 24.8 Å². The number of hydrogen-bond donors (Lipinski definition) is 5. The number of nitrogens with two attached hydrogens (primary N) is 2. The van der Waals surface area contributed by atoms with Gasteiger partial charge < -0.3 is 36.3 Å². The lowest BCUT2D eigenvalue weighted by atomic mass is 10.1. The number of aliphatic carboxylic acids is 1. The third-order valence-corrected chi connectivity index (χ3v) is 10.2. The largest absolute Gasteiger partial charge is 0.481 e. The molecule has 0 spiro atoms. The van der Waals surface area contributed by atoms with Crippen molar-refractivity contribution in [2.45, 2.75) is 206 Å². The zero-order valence-corrected chi connectivity index (χ0v) is 39.1. The first kappa shape index (κ1) is 61.5. The van der Waals surface area contributed by atoms with Crippen molar-refractivity contribution in [3.63, 3.8) is 0 Å². The van der Waals surface area contributed by atoms with Gasteiger partial charge in [-0.15, -0.1) is 24.8 Å². The number of ether oxygens (including phenoxy) is 2. The average molecular weight is 893 g/mol. The monoisotopic (exact) mass is 892 g/mol. The molecule has 0 rings (SSSR count). The van der Waals surface area contributed by atoms with Crippen LogP contribution in [0.5, 0.6) is 0 Å². The van der Waals surface area contributed by atoms with Crippen LogP contribution in [0.2, 0.25) is 0 Å². The summed E-state index contributed by atoms with van der Waals surface area (Å²) in [5.74, 6) is -1.71. The quantitative estimate of drug-likeness (QED) is 0.0129. The third kappa shape index (κ3) is 44.7. The van der Waals surface area contributed by atoms with Crippen molar-refractivity contribution in [2.75, 3.05) is 32.8 Å².